The second kappa shape index (κ2) is 4.47. The van der Waals surface area contributed by atoms with Crippen LogP contribution in [-0.4, -0.2) is 28.8 Å². The van der Waals surface area contributed by atoms with E-state index in [1.54, 1.807) is 0 Å². The summed E-state index contributed by atoms with van der Waals surface area (Å²) < 4.78 is 43.3. The van der Waals surface area contributed by atoms with Gasteiger partial charge in [-0.3, -0.25) is 4.79 Å². The zero-order valence-corrected chi connectivity index (χ0v) is 11.8. The van der Waals surface area contributed by atoms with E-state index in [0.717, 1.165) is 6.07 Å². The minimum absolute atomic E-state index is 0.0281. The van der Waals surface area contributed by atoms with E-state index in [2.05, 4.69) is 27.5 Å². The third-order valence-electron chi connectivity index (χ3n) is 3.15. The molecule has 0 radical (unpaired) electrons. The highest BCUT2D eigenvalue weighted by atomic mass is 79.9. The lowest BCUT2D eigenvalue weighted by Crippen LogP contribution is -2.34. The minimum atomic E-state index is -4.64. The van der Waals surface area contributed by atoms with Crippen LogP contribution in [0.4, 0.5) is 13.2 Å². The van der Waals surface area contributed by atoms with Gasteiger partial charge in [0.2, 0.25) is 0 Å². The summed E-state index contributed by atoms with van der Waals surface area (Å²) in [5.74, 6) is -1.04. The van der Waals surface area contributed by atoms with Crippen molar-refractivity contribution in [3.63, 3.8) is 0 Å². The average molecular weight is 352 g/mol. The lowest BCUT2D eigenvalue weighted by molar-refractivity contribution is -0.143. The SMILES string of the molecule is C=C(c1cc2c(c(Br)n1)OC[C@]2(C)C(=O)O)C(F)(F)F. The van der Waals surface area contributed by atoms with Crippen LogP contribution in [0.25, 0.3) is 5.57 Å². The summed E-state index contributed by atoms with van der Waals surface area (Å²) in [6.45, 7) is 4.17. The molecule has 0 saturated heterocycles. The summed E-state index contributed by atoms with van der Waals surface area (Å²) in [5.41, 5.74) is -2.84. The predicted molar refractivity (Wildman–Crippen MR) is 67.5 cm³/mol. The van der Waals surface area contributed by atoms with Crippen molar-refractivity contribution < 1.29 is 27.8 Å². The van der Waals surface area contributed by atoms with Crippen LogP contribution < -0.4 is 4.74 Å². The summed E-state index contributed by atoms with van der Waals surface area (Å²) in [6, 6.07) is 1.07. The first-order chi connectivity index (χ1) is 9.07. The molecule has 0 saturated carbocycles. The number of pyridine rings is 1. The molecule has 0 aliphatic carbocycles. The van der Waals surface area contributed by atoms with E-state index < -0.39 is 28.8 Å². The third kappa shape index (κ3) is 2.17. The molecular formula is C12H9BrF3NO3. The van der Waals surface area contributed by atoms with Gasteiger partial charge in [-0.15, -0.1) is 0 Å². The summed E-state index contributed by atoms with van der Waals surface area (Å²) in [4.78, 5) is 15.0. The predicted octanol–water partition coefficient (Wildman–Crippen LogP) is 3.15. The van der Waals surface area contributed by atoms with E-state index in [0.29, 0.717) is 0 Å². The molecule has 1 aromatic heterocycles. The van der Waals surface area contributed by atoms with Crippen molar-refractivity contribution in [2.45, 2.75) is 18.5 Å². The standard InChI is InChI=1S/C12H9BrF3NO3/c1-5(12(14,15)16)7-3-6-8(9(13)17-7)20-4-11(6,2)10(18)19/h3H,1,4H2,2H3,(H,18,19)/t11-/m0/s1. The van der Waals surface area contributed by atoms with Crippen molar-refractivity contribution in [1.82, 2.24) is 4.98 Å². The van der Waals surface area contributed by atoms with Gasteiger partial charge in [0.05, 0.1) is 11.3 Å². The van der Waals surface area contributed by atoms with E-state index in [9.17, 15) is 23.1 Å². The summed E-state index contributed by atoms with van der Waals surface area (Å²) in [7, 11) is 0. The fourth-order valence-electron chi connectivity index (χ4n) is 1.82. The summed E-state index contributed by atoms with van der Waals surface area (Å²) in [5, 5.41) is 9.24. The molecule has 0 amide bonds. The molecule has 8 heteroatoms. The number of allylic oxidation sites excluding steroid dienone is 1. The Bertz CT molecular complexity index is 615. The van der Waals surface area contributed by atoms with Crippen molar-refractivity contribution in [1.29, 1.82) is 0 Å². The van der Waals surface area contributed by atoms with Gasteiger partial charge in [0.15, 0.2) is 5.75 Å². The molecule has 1 N–H and O–H groups in total. The fourth-order valence-corrected chi connectivity index (χ4v) is 2.34. The first-order valence-electron chi connectivity index (χ1n) is 5.41. The number of carboxylic acids is 1. The van der Waals surface area contributed by atoms with E-state index in [1.165, 1.54) is 6.92 Å². The molecule has 0 fully saturated rings. The highest BCUT2D eigenvalue weighted by molar-refractivity contribution is 9.10. The van der Waals surface area contributed by atoms with Gasteiger partial charge in [0.1, 0.15) is 16.6 Å². The summed E-state index contributed by atoms with van der Waals surface area (Å²) >= 11 is 3.00. The van der Waals surface area contributed by atoms with Crippen LogP contribution in [-0.2, 0) is 10.2 Å². The van der Waals surface area contributed by atoms with Gasteiger partial charge < -0.3 is 9.84 Å². The Morgan fingerprint density at radius 3 is 2.70 bits per heavy atom. The lowest BCUT2D eigenvalue weighted by Gasteiger charge is -2.17. The van der Waals surface area contributed by atoms with Crippen LogP contribution >= 0.6 is 15.9 Å². The first-order valence-corrected chi connectivity index (χ1v) is 6.20. The van der Waals surface area contributed by atoms with Crippen molar-refractivity contribution >= 4 is 27.5 Å². The number of hydrogen-bond acceptors (Lipinski definition) is 3. The zero-order chi connectivity index (χ0) is 15.3. The number of hydrogen-bond donors (Lipinski definition) is 1. The van der Waals surface area contributed by atoms with Crippen LogP contribution in [0.3, 0.4) is 0 Å². The molecule has 2 rings (SSSR count). The topological polar surface area (TPSA) is 59.4 Å². The second-order valence-electron chi connectivity index (χ2n) is 4.58. The number of halogens is 4. The van der Waals surface area contributed by atoms with Gasteiger partial charge in [-0.2, -0.15) is 13.2 Å². The smallest absolute Gasteiger partial charge is 0.417 e. The average Bonchev–Trinajstić information content (AvgIpc) is 2.67. The maximum Gasteiger partial charge on any atom is 0.417 e. The number of aromatic nitrogens is 1. The molecule has 4 nitrogen and oxygen atoms in total. The van der Waals surface area contributed by atoms with Gasteiger partial charge in [-0.05, 0) is 28.9 Å². The third-order valence-corrected chi connectivity index (χ3v) is 3.69. The van der Waals surface area contributed by atoms with Crippen molar-refractivity contribution in [2.24, 2.45) is 0 Å². The maximum absolute atomic E-state index is 12.7. The van der Waals surface area contributed by atoms with Gasteiger partial charge in [-0.1, -0.05) is 6.58 Å². The normalized spacial score (nSPS) is 21.2. The van der Waals surface area contributed by atoms with Crippen LogP contribution in [0.2, 0.25) is 0 Å². The Kier molecular flexibility index (Phi) is 3.32. The Balaban J connectivity index is 2.61. The summed E-state index contributed by atoms with van der Waals surface area (Å²) in [6.07, 6.45) is -4.64. The molecule has 1 aromatic rings. The highest BCUT2D eigenvalue weighted by Crippen LogP contribution is 2.44. The van der Waals surface area contributed by atoms with Crippen LogP contribution in [0.1, 0.15) is 18.2 Å². The highest BCUT2D eigenvalue weighted by Gasteiger charge is 2.46. The number of fused-ring (bicyclic) bond motifs is 1. The minimum Gasteiger partial charge on any atom is -0.489 e. The monoisotopic (exact) mass is 351 g/mol. The molecule has 20 heavy (non-hydrogen) atoms. The van der Waals surface area contributed by atoms with E-state index >= 15 is 0 Å². The van der Waals surface area contributed by atoms with Crippen LogP contribution in [0.5, 0.6) is 5.75 Å². The molecule has 1 aliphatic heterocycles. The lowest BCUT2D eigenvalue weighted by atomic mass is 9.84. The van der Waals surface area contributed by atoms with E-state index in [4.69, 9.17) is 4.74 Å². The molecule has 0 spiro atoms. The number of carbonyl (C=O) groups is 1. The van der Waals surface area contributed by atoms with Gasteiger partial charge in [0.25, 0.3) is 0 Å². The Hall–Kier alpha value is -1.57. The van der Waals surface area contributed by atoms with Crippen molar-refractivity contribution in [3.8, 4) is 5.75 Å². The quantitative estimate of drug-likeness (QED) is 0.831. The van der Waals surface area contributed by atoms with Crippen LogP contribution in [0, 0.1) is 0 Å². The Morgan fingerprint density at radius 2 is 2.20 bits per heavy atom. The van der Waals surface area contributed by atoms with Gasteiger partial charge in [0, 0.05) is 5.56 Å². The molecule has 0 unspecified atom stereocenters. The molecule has 2 heterocycles. The number of nitrogens with zero attached hydrogens (tertiary/aromatic N) is 1. The largest absolute Gasteiger partial charge is 0.489 e. The molecule has 0 aromatic carbocycles. The number of rotatable bonds is 2. The van der Waals surface area contributed by atoms with Crippen LogP contribution in [0.15, 0.2) is 17.2 Å². The van der Waals surface area contributed by atoms with E-state index in [-0.39, 0.29) is 22.5 Å². The molecule has 1 atom stereocenters. The maximum atomic E-state index is 12.7. The number of aliphatic carboxylic acids is 1. The number of carboxylic acid groups (broad SMARTS) is 1. The fraction of sp³-hybridized carbons (Fsp3) is 0.333. The zero-order valence-electron chi connectivity index (χ0n) is 10.2. The molecule has 0 bridgehead atoms. The molecule has 108 valence electrons. The Labute approximate surface area is 120 Å². The van der Waals surface area contributed by atoms with E-state index in [1.807, 2.05) is 0 Å². The number of alkyl halides is 3. The first kappa shape index (κ1) is 14.8. The Morgan fingerprint density at radius 1 is 1.60 bits per heavy atom. The van der Waals surface area contributed by atoms with Crippen molar-refractivity contribution in [3.05, 3.63) is 28.5 Å². The molecular weight excluding hydrogens is 343 g/mol. The van der Waals surface area contributed by atoms with Gasteiger partial charge in [-0.25, -0.2) is 4.98 Å². The number of ether oxygens (including phenoxy) is 1. The van der Waals surface area contributed by atoms with Gasteiger partial charge >= 0.3 is 12.1 Å². The van der Waals surface area contributed by atoms with Crippen molar-refractivity contribution in [2.75, 3.05) is 6.61 Å². The molecule has 1 aliphatic rings. The second-order valence-corrected chi connectivity index (χ2v) is 5.33.